The van der Waals surface area contributed by atoms with Crippen LogP contribution in [0.2, 0.25) is 0 Å². The van der Waals surface area contributed by atoms with Crippen molar-refractivity contribution in [1.29, 1.82) is 0 Å². The lowest BCUT2D eigenvalue weighted by Crippen LogP contribution is -2.33. The van der Waals surface area contributed by atoms with E-state index in [4.69, 9.17) is 14.2 Å². The van der Waals surface area contributed by atoms with E-state index in [1.165, 1.54) is 18.4 Å². The maximum absolute atomic E-state index is 12.6. The smallest absolute Gasteiger partial charge is 0.344 e. The van der Waals surface area contributed by atoms with E-state index in [0.29, 0.717) is 18.3 Å². The average molecular weight is 517 g/mol. The van der Waals surface area contributed by atoms with Gasteiger partial charge in [0.05, 0.1) is 0 Å². The number of carbonyl (C=O) groups is 1. The van der Waals surface area contributed by atoms with Crippen LogP contribution in [-0.2, 0) is 16.1 Å². The van der Waals surface area contributed by atoms with Gasteiger partial charge in [-0.15, -0.1) is 0 Å². The Morgan fingerprint density at radius 3 is 2.03 bits per heavy atom. The van der Waals surface area contributed by atoms with Gasteiger partial charge in [-0.25, -0.2) is 4.79 Å². The molecule has 0 saturated heterocycles. The summed E-state index contributed by atoms with van der Waals surface area (Å²) in [6.07, 6.45) is 7.36. The van der Waals surface area contributed by atoms with Crippen molar-refractivity contribution in [2.75, 3.05) is 6.61 Å². The highest BCUT2D eigenvalue weighted by Gasteiger charge is 2.36. The van der Waals surface area contributed by atoms with Gasteiger partial charge in [0, 0.05) is 10.8 Å². The van der Waals surface area contributed by atoms with Crippen LogP contribution in [0.1, 0.15) is 96.6 Å². The molecule has 3 aromatic rings. The van der Waals surface area contributed by atoms with Crippen LogP contribution in [0.15, 0.2) is 60.7 Å². The molecule has 1 saturated carbocycles. The molecule has 1 aliphatic carbocycles. The van der Waals surface area contributed by atoms with Crippen LogP contribution in [0, 0.1) is 5.41 Å². The molecule has 0 spiro atoms. The number of benzene rings is 3. The molecule has 204 valence electrons. The zero-order valence-corrected chi connectivity index (χ0v) is 23.8. The Balaban J connectivity index is 1.42. The molecule has 0 heterocycles. The van der Waals surface area contributed by atoms with E-state index < -0.39 is 0 Å². The summed E-state index contributed by atoms with van der Waals surface area (Å²) < 4.78 is 18.1. The Labute approximate surface area is 228 Å². The molecule has 1 aliphatic rings. The first-order chi connectivity index (χ1) is 18.2. The highest BCUT2D eigenvalue weighted by Crippen LogP contribution is 2.39. The topological polar surface area (TPSA) is 44.8 Å². The van der Waals surface area contributed by atoms with Crippen LogP contribution in [-0.4, -0.2) is 18.2 Å². The minimum Gasteiger partial charge on any atom is -0.488 e. The third kappa shape index (κ3) is 6.70. The summed E-state index contributed by atoms with van der Waals surface area (Å²) in [7, 11) is 0. The Kier molecular flexibility index (Phi) is 9.02. The zero-order valence-electron chi connectivity index (χ0n) is 23.8. The number of rotatable bonds is 11. The molecule has 38 heavy (non-hydrogen) atoms. The van der Waals surface area contributed by atoms with E-state index in [1.54, 1.807) is 0 Å². The van der Waals surface area contributed by atoms with Crippen molar-refractivity contribution in [3.8, 4) is 11.5 Å². The minimum atomic E-state index is -0.304. The summed E-state index contributed by atoms with van der Waals surface area (Å²) in [4.78, 5) is 12.6. The third-order valence-corrected chi connectivity index (χ3v) is 8.08. The van der Waals surface area contributed by atoms with Gasteiger partial charge in [0.25, 0.3) is 0 Å². The molecule has 0 bridgehead atoms. The van der Waals surface area contributed by atoms with E-state index >= 15 is 0 Å². The van der Waals surface area contributed by atoms with Crippen molar-refractivity contribution < 1.29 is 19.0 Å². The minimum absolute atomic E-state index is 0.0914. The first-order valence-corrected chi connectivity index (χ1v) is 14.3. The predicted molar refractivity (Wildman–Crippen MR) is 155 cm³/mol. The molecular formula is C34H44O4. The molecule has 0 aromatic heterocycles. The maximum Gasteiger partial charge on any atom is 0.344 e. The standard InChI is InChI=1S/C34H44O4/c1-6-12-29(33(3,4)5)26-19-17-25(18-20-26)23-36-30-15-10-14-28-27(30)13-11-16-31(28)37-24-32(35)38-34(7-2)21-8-9-22-34/h10-11,13-20,29H,6-9,12,21-24H2,1-5H3. The van der Waals surface area contributed by atoms with Gasteiger partial charge >= 0.3 is 5.97 Å². The summed E-state index contributed by atoms with van der Waals surface area (Å²) in [5.74, 6) is 1.71. The summed E-state index contributed by atoms with van der Waals surface area (Å²) in [6.45, 7) is 11.7. The lowest BCUT2D eigenvalue weighted by atomic mass is 9.74. The molecule has 3 aromatic carbocycles. The summed E-state index contributed by atoms with van der Waals surface area (Å²) in [5.41, 5.74) is 2.47. The van der Waals surface area contributed by atoms with Gasteiger partial charge in [0.1, 0.15) is 23.7 Å². The Hall–Kier alpha value is -3.01. The largest absolute Gasteiger partial charge is 0.488 e. The van der Waals surface area contributed by atoms with Crippen LogP contribution in [0.4, 0.5) is 0 Å². The number of hydrogen-bond acceptors (Lipinski definition) is 4. The van der Waals surface area contributed by atoms with Gasteiger partial charge in [-0.3, -0.25) is 0 Å². The van der Waals surface area contributed by atoms with Gasteiger partial charge in [-0.2, -0.15) is 0 Å². The fourth-order valence-electron chi connectivity index (χ4n) is 5.85. The van der Waals surface area contributed by atoms with Crippen LogP contribution >= 0.6 is 0 Å². The van der Waals surface area contributed by atoms with Crippen LogP contribution < -0.4 is 9.47 Å². The van der Waals surface area contributed by atoms with E-state index in [1.807, 2.05) is 36.4 Å². The molecule has 1 fully saturated rings. The highest BCUT2D eigenvalue weighted by molar-refractivity contribution is 5.93. The average Bonchev–Trinajstić information content (AvgIpc) is 3.38. The Morgan fingerprint density at radius 2 is 1.47 bits per heavy atom. The quantitative estimate of drug-likeness (QED) is 0.239. The van der Waals surface area contributed by atoms with Gasteiger partial charge < -0.3 is 14.2 Å². The lowest BCUT2D eigenvalue weighted by Gasteiger charge is -2.31. The molecular weight excluding hydrogens is 472 g/mol. The maximum atomic E-state index is 12.6. The molecule has 0 amide bonds. The van der Waals surface area contributed by atoms with Crippen LogP contribution in [0.3, 0.4) is 0 Å². The molecule has 4 heteroatoms. The molecule has 1 atom stereocenters. The van der Waals surface area contributed by atoms with Gasteiger partial charge in [0.15, 0.2) is 6.61 Å². The lowest BCUT2D eigenvalue weighted by molar-refractivity contribution is -0.162. The first-order valence-electron chi connectivity index (χ1n) is 14.3. The van der Waals surface area contributed by atoms with Crippen molar-refractivity contribution in [2.24, 2.45) is 5.41 Å². The second-order valence-electron chi connectivity index (χ2n) is 11.9. The van der Waals surface area contributed by atoms with Crippen LogP contribution in [0.25, 0.3) is 10.8 Å². The zero-order chi connectivity index (χ0) is 27.2. The van der Waals surface area contributed by atoms with E-state index in [2.05, 4.69) is 58.9 Å². The van der Waals surface area contributed by atoms with Crippen molar-refractivity contribution in [2.45, 2.75) is 97.7 Å². The van der Waals surface area contributed by atoms with Gasteiger partial charge in [-0.05, 0) is 73.1 Å². The van der Waals surface area contributed by atoms with Gasteiger partial charge in [0.2, 0.25) is 0 Å². The second kappa shape index (κ2) is 12.2. The normalized spacial score (nSPS) is 15.8. The summed E-state index contributed by atoms with van der Waals surface area (Å²) in [6, 6.07) is 20.7. The highest BCUT2D eigenvalue weighted by atomic mass is 16.6. The van der Waals surface area contributed by atoms with E-state index in [-0.39, 0.29) is 23.6 Å². The number of esters is 1. The van der Waals surface area contributed by atoms with E-state index in [9.17, 15) is 4.79 Å². The molecule has 0 N–H and O–H groups in total. The van der Waals surface area contributed by atoms with Crippen molar-refractivity contribution in [3.63, 3.8) is 0 Å². The second-order valence-corrected chi connectivity index (χ2v) is 11.9. The number of ether oxygens (including phenoxy) is 3. The van der Waals surface area contributed by atoms with Crippen LogP contribution in [0.5, 0.6) is 11.5 Å². The molecule has 0 radical (unpaired) electrons. The summed E-state index contributed by atoms with van der Waals surface area (Å²) >= 11 is 0. The fourth-order valence-corrected chi connectivity index (χ4v) is 5.85. The van der Waals surface area contributed by atoms with E-state index in [0.717, 1.165) is 54.2 Å². The Bertz CT molecular complexity index is 1200. The van der Waals surface area contributed by atoms with Crippen molar-refractivity contribution >= 4 is 16.7 Å². The predicted octanol–water partition coefficient (Wildman–Crippen LogP) is 8.99. The van der Waals surface area contributed by atoms with Crippen molar-refractivity contribution in [3.05, 3.63) is 71.8 Å². The van der Waals surface area contributed by atoms with Gasteiger partial charge in [-0.1, -0.05) is 89.6 Å². The number of carbonyl (C=O) groups excluding carboxylic acids is 1. The first kappa shape index (κ1) is 28.0. The number of fused-ring (bicyclic) bond motifs is 1. The summed E-state index contributed by atoms with van der Waals surface area (Å²) in [5, 5.41) is 1.89. The van der Waals surface area contributed by atoms with Crippen molar-refractivity contribution in [1.82, 2.24) is 0 Å². The monoisotopic (exact) mass is 516 g/mol. The molecule has 4 rings (SSSR count). The molecule has 1 unspecified atom stereocenters. The Morgan fingerprint density at radius 1 is 0.868 bits per heavy atom. The number of hydrogen-bond donors (Lipinski definition) is 0. The molecule has 0 aliphatic heterocycles. The third-order valence-electron chi connectivity index (χ3n) is 8.08. The SMILES string of the molecule is CCCC(c1ccc(COc2cccc3c(OCC(=O)OC4(CC)CCCC4)cccc23)cc1)C(C)(C)C. The fraction of sp³-hybridized carbons (Fsp3) is 0.500. The molecule has 4 nitrogen and oxygen atoms in total.